The molecule has 0 bridgehead atoms. The molecule has 8 heterocycles. The molecule has 0 radical (unpaired) electrons. The zero-order valence-electron chi connectivity index (χ0n) is 41.8. The van der Waals surface area contributed by atoms with Crippen molar-refractivity contribution in [3.63, 3.8) is 0 Å². The molecule has 2 aromatic heterocycles. The van der Waals surface area contributed by atoms with Gasteiger partial charge < -0.3 is 34.4 Å². The average Bonchev–Trinajstić information content (AvgIpc) is 3.84. The Kier molecular flexibility index (Phi) is 11.7. The molecule has 7 fully saturated rings. The molecule has 5 saturated heterocycles. The summed E-state index contributed by atoms with van der Waals surface area (Å²) in [4.78, 5) is 89.2. The molecule has 1 spiro atoms. The Morgan fingerprint density at radius 3 is 2.24 bits per heavy atom. The lowest BCUT2D eigenvalue weighted by atomic mass is 9.72. The van der Waals surface area contributed by atoms with E-state index in [1.807, 2.05) is 47.3 Å². The summed E-state index contributed by atoms with van der Waals surface area (Å²) in [5, 5.41) is 6.16. The quantitative estimate of drug-likeness (QED) is 0.157. The number of carbonyl (C=O) groups excluding carboxylic acids is 5. The van der Waals surface area contributed by atoms with Gasteiger partial charge in [0.2, 0.25) is 29.5 Å². The van der Waals surface area contributed by atoms with Gasteiger partial charge in [-0.2, -0.15) is 0 Å². The minimum absolute atomic E-state index is 0.0901. The molecule has 5 amide bonds. The minimum Gasteiger partial charge on any atom is -0.371 e. The number of pyridine rings is 1. The highest BCUT2D eigenvalue weighted by atomic mass is 16.2. The second-order valence-electron chi connectivity index (χ2n) is 23.0. The number of benzene rings is 2. The number of nitrogens with zero attached hydrogens (tertiary/aromatic N) is 8. The average molecular weight is 963 g/mol. The minimum atomic E-state index is -0.698. The second-order valence-corrected chi connectivity index (χ2v) is 23.0. The van der Waals surface area contributed by atoms with Crippen molar-refractivity contribution in [2.24, 2.45) is 11.3 Å². The predicted molar refractivity (Wildman–Crippen MR) is 273 cm³/mol. The van der Waals surface area contributed by atoms with E-state index in [0.717, 1.165) is 115 Å². The van der Waals surface area contributed by atoms with Crippen LogP contribution in [0.5, 0.6) is 0 Å². The third kappa shape index (κ3) is 8.27. The van der Waals surface area contributed by atoms with E-state index in [1.165, 1.54) is 19.3 Å². The number of piperidine rings is 4. The highest BCUT2D eigenvalue weighted by Gasteiger charge is 2.57. The fourth-order valence-electron chi connectivity index (χ4n) is 13.4. The van der Waals surface area contributed by atoms with E-state index < -0.39 is 10.8 Å². The van der Waals surface area contributed by atoms with Gasteiger partial charge in [-0.3, -0.25) is 29.3 Å². The highest BCUT2D eigenvalue weighted by molar-refractivity contribution is 6.09. The number of nitrogens with one attached hydrogen (secondary N) is 2. The summed E-state index contributed by atoms with van der Waals surface area (Å²) in [5.74, 6) is 0.455. The van der Waals surface area contributed by atoms with Gasteiger partial charge in [0, 0.05) is 92.7 Å². The third-order valence-electron chi connectivity index (χ3n) is 18.0. The largest absolute Gasteiger partial charge is 0.371 e. The molecule has 6 aliphatic heterocycles. The van der Waals surface area contributed by atoms with Crippen molar-refractivity contribution in [3.8, 4) is 11.3 Å². The fourth-order valence-corrected chi connectivity index (χ4v) is 13.4. The Morgan fingerprint density at radius 1 is 0.803 bits per heavy atom. The molecule has 2 aromatic carbocycles. The molecule has 15 heteroatoms. The summed E-state index contributed by atoms with van der Waals surface area (Å²) in [5.41, 5.74) is 6.47. The van der Waals surface area contributed by atoms with Crippen molar-refractivity contribution in [2.45, 2.75) is 146 Å². The molecule has 8 aliphatic rings. The van der Waals surface area contributed by atoms with Crippen molar-refractivity contribution < 1.29 is 24.0 Å². The first kappa shape index (κ1) is 46.3. The molecule has 2 N–H and O–H groups in total. The van der Waals surface area contributed by atoms with Crippen LogP contribution < -0.4 is 20.4 Å². The van der Waals surface area contributed by atoms with Gasteiger partial charge in [0.05, 0.1) is 34.3 Å². The normalized spacial score (nSPS) is 27.2. The van der Waals surface area contributed by atoms with Crippen LogP contribution in [-0.4, -0.2) is 129 Å². The number of imidazole rings is 1. The van der Waals surface area contributed by atoms with Gasteiger partial charge in [0.1, 0.15) is 5.52 Å². The number of fused-ring (bicyclic) bond motifs is 3. The molecule has 4 aromatic rings. The van der Waals surface area contributed by atoms with Crippen LogP contribution >= 0.6 is 0 Å². The number of likely N-dealkylation sites (tertiary alicyclic amines) is 3. The van der Waals surface area contributed by atoms with Gasteiger partial charge in [-0.15, -0.1) is 0 Å². The van der Waals surface area contributed by atoms with Crippen molar-refractivity contribution in [1.82, 2.24) is 34.6 Å². The number of amides is 5. The topological polar surface area (TPSA) is 156 Å². The van der Waals surface area contributed by atoms with Crippen molar-refractivity contribution in [3.05, 3.63) is 66.0 Å². The summed E-state index contributed by atoms with van der Waals surface area (Å²) in [6.07, 6.45) is 14.1. The number of aromatic nitrogens is 3. The van der Waals surface area contributed by atoms with E-state index in [9.17, 15) is 19.2 Å². The Morgan fingerprint density at radius 2 is 1.54 bits per heavy atom. The number of hydrogen-bond acceptors (Lipinski definition) is 10. The van der Waals surface area contributed by atoms with Crippen molar-refractivity contribution in [2.75, 3.05) is 67.5 Å². The van der Waals surface area contributed by atoms with Crippen molar-refractivity contribution in [1.29, 1.82) is 0 Å². The van der Waals surface area contributed by atoms with E-state index in [1.54, 1.807) is 0 Å². The summed E-state index contributed by atoms with van der Waals surface area (Å²) >= 11 is 0. The smallest absolute Gasteiger partial charge is 0.238 e. The maximum absolute atomic E-state index is 15.3. The standard InChI is InChI=1S/C56H70N10O5/c1-35(2)65-34-57-46-32-45(59-50(49(46)65)58-39-10-11-39)38-9-15-44-47(29-38)66(42-30-41(31-42)61-22-5-4-6-23-61)54(71)56(44)20-27-63(28-21-56)53(70)55(3)19-26-64(33-55)52(69)37-17-24-62(25-18-37)40-12-7-36(8-13-40)43-14-16-48(67)60-51(43)68/h7-9,12-13,15,29,32,34-35,37,39,41-43H,4-6,10-11,14,16-28,30-31,33H2,1-3H3,(H,58,59)(H,60,67,68)/t41?,42?,43-,55-/m1/s1. The summed E-state index contributed by atoms with van der Waals surface area (Å²) in [6.45, 7) is 12.2. The number of rotatable bonds is 10. The molecule has 2 saturated carbocycles. The summed E-state index contributed by atoms with van der Waals surface area (Å²) in [6, 6.07) is 18.0. The highest BCUT2D eigenvalue weighted by Crippen LogP contribution is 2.53. The summed E-state index contributed by atoms with van der Waals surface area (Å²) < 4.78 is 2.20. The van der Waals surface area contributed by atoms with Crippen LogP contribution in [0, 0.1) is 11.3 Å². The number of imide groups is 1. The zero-order chi connectivity index (χ0) is 48.8. The van der Waals surface area contributed by atoms with Crippen molar-refractivity contribution >= 4 is 57.8 Å². The predicted octanol–water partition coefficient (Wildman–Crippen LogP) is 7.15. The van der Waals surface area contributed by atoms with Gasteiger partial charge >= 0.3 is 0 Å². The molecule has 12 rings (SSSR count). The van der Waals surface area contributed by atoms with Gasteiger partial charge in [-0.1, -0.05) is 30.7 Å². The van der Waals surface area contributed by atoms with E-state index in [0.29, 0.717) is 70.4 Å². The first-order valence-corrected chi connectivity index (χ1v) is 27.0. The first-order chi connectivity index (χ1) is 34.4. The molecular weight excluding hydrogens is 893 g/mol. The van der Waals surface area contributed by atoms with E-state index in [2.05, 4.69) is 68.0 Å². The van der Waals surface area contributed by atoms with Crippen LogP contribution in [0.1, 0.15) is 134 Å². The van der Waals surface area contributed by atoms with E-state index in [-0.39, 0.29) is 53.5 Å². The lowest BCUT2D eigenvalue weighted by molar-refractivity contribution is -0.145. The summed E-state index contributed by atoms with van der Waals surface area (Å²) in [7, 11) is 0. The molecule has 71 heavy (non-hydrogen) atoms. The van der Waals surface area contributed by atoms with Crippen LogP contribution in [0.15, 0.2) is 54.9 Å². The SMILES string of the molecule is CC(C)n1cnc2cc(-c3ccc4c(c3)N(C3CC(N5CCCCC5)C3)C(=O)C43CCN(C(=O)[C@]4(C)CCN(C(=O)C5CCN(c6ccc([C@H]7CCC(=O)NC7=O)cc6)CC5)C4)CC3)nc(NC3CC3)c21. The Balaban J connectivity index is 0.723. The maximum atomic E-state index is 15.3. The molecule has 374 valence electrons. The Bertz CT molecular complexity index is 2760. The van der Waals surface area contributed by atoms with Gasteiger partial charge in [0.25, 0.3) is 0 Å². The van der Waals surface area contributed by atoms with Crippen LogP contribution in [0.4, 0.5) is 17.2 Å². The maximum Gasteiger partial charge on any atom is 0.238 e. The van der Waals surface area contributed by atoms with Crippen LogP contribution in [0.25, 0.3) is 22.3 Å². The third-order valence-corrected chi connectivity index (χ3v) is 18.0. The Hall–Kier alpha value is -5.83. The van der Waals surface area contributed by atoms with Gasteiger partial charge in [-0.25, -0.2) is 9.97 Å². The van der Waals surface area contributed by atoms with Crippen LogP contribution in [-0.2, 0) is 29.4 Å². The lowest BCUT2D eigenvalue weighted by Crippen LogP contribution is -2.59. The molecule has 0 unspecified atom stereocenters. The molecule has 2 atom stereocenters. The monoisotopic (exact) mass is 963 g/mol. The molecule has 2 aliphatic carbocycles. The van der Waals surface area contributed by atoms with Gasteiger partial charge in [-0.05, 0) is 146 Å². The van der Waals surface area contributed by atoms with Crippen LogP contribution in [0.2, 0.25) is 0 Å². The van der Waals surface area contributed by atoms with E-state index in [4.69, 9.17) is 9.97 Å². The zero-order valence-corrected chi connectivity index (χ0v) is 41.8. The molecule has 15 nitrogen and oxygen atoms in total. The number of anilines is 3. The van der Waals surface area contributed by atoms with E-state index >= 15 is 4.79 Å². The molecular formula is C56H70N10O5. The fraction of sp³-hybridized carbons (Fsp3) is 0.589. The number of carbonyl (C=O) groups is 5. The second kappa shape index (κ2) is 18.0. The Labute approximate surface area is 417 Å². The lowest BCUT2D eigenvalue weighted by Gasteiger charge is -2.48. The number of hydrogen-bond donors (Lipinski definition) is 2. The van der Waals surface area contributed by atoms with Crippen LogP contribution in [0.3, 0.4) is 0 Å². The van der Waals surface area contributed by atoms with Gasteiger partial charge in [0.15, 0.2) is 5.82 Å². The first-order valence-electron chi connectivity index (χ1n) is 27.0.